The van der Waals surface area contributed by atoms with E-state index in [9.17, 15) is 8.60 Å². The molecule has 13 heavy (non-hydrogen) atoms. The summed E-state index contributed by atoms with van der Waals surface area (Å²) in [6.07, 6.45) is 4.33. The molecule has 0 amide bonds. The molecular weight excluding hydrogens is 191 g/mol. The Morgan fingerprint density at radius 1 is 1.54 bits per heavy atom. The molecule has 1 heterocycles. The van der Waals surface area contributed by atoms with Crippen molar-refractivity contribution in [2.24, 2.45) is 4.36 Å². The Labute approximate surface area is 77.2 Å². The number of rotatable bonds is 1. The van der Waals surface area contributed by atoms with Gasteiger partial charge in [-0.15, -0.1) is 0 Å². The lowest BCUT2D eigenvalue weighted by atomic mass is 10.3. The zero-order valence-electron chi connectivity index (χ0n) is 7.74. The molecule has 0 bridgehead atoms. The molecular formula is C8H11FN2OS. The highest BCUT2D eigenvalue weighted by atomic mass is 32.2. The second-order valence-electron chi connectivity index (χ2n) is 3.04. The van der Waals surface area contributed by atoms with Gasteiger partial charge in [0.05, 0.1) is 0 Å². The predicted molar refractivity (Wildman–Crippen MR) is 51.0 cm³/mol. The molecule has 3 nitrogen and oxygen atoms in total. The molecule has 0 saturated heterocycles. The number of nitrogens with zero attached hydrogens (tertiary/aromatic N) is 2. The lowest BCUT2D eigenvalue weighted by molar-refractivity contribution is 0.614. The van der Waals surface area contributed by atoms with Crippen LogP contribution in [0.15, 0.2) is 16.6 Å². The normalized spacial score (nSPS) is 11.4. The van der Waals surface area contributed by atoms with Crippen LogP contribution in [0.25, 0.3) is 0 Å². The lowest BCUT2D eigenvalue weighted by Crippen LogP contribution is -1.93. The summed E-state index contributed by atoms with van der Waals surface area (Å²) in [7, 11) is -2.34. The van der Waals surface area contributed by atoms with E-state index in [1.807, 2.05) is 0 Å². The summed E-state index contributed by atoms with van der Waals surface area (Å²) in [5.41, 5.74) is 0.456. The van der Waals surface area contributed by atoms with Crippen LogP contribution < -0.4 is 0 Å². The Bertz CT molecular complexity index is 428. The largest absolute Gasteiger partial charge is 0.250 e. The lowest BCUT2D eigenvalue weighted by Gasteiger charge is -1.99. The summed E-state index contributed by atoms with van der Waals surface area (Å²) < 4.78 is 28.2. The first kappa shape index (κ1) is 10.1. The number of halogens is 1. The molecule has 0 unspecified atom stereocenters. The smallest absolute Gasteiger partial charge is 0.197 e. The number of hydrogen-bond donors (Lipinski definition) is 0. The zero-order valence-corrected chi connectivity index (χ0v) is 8.56. The third-order valence-electron chi connectivity index (χ3n) is 1.37. The van der Waals surface area contributed by atoms with E-state index in [-0.39, 0.29) is 5.82 Å². The summed E-state index contributed by atoms with van der Waals surface area (Å²) in [5.74, 6) is -0.575. The van der Waals surface area contributed by atoms with Crippen molar-refractivity contribution in [3.8, 4) is 0 Å². The second-order valence-corrected chi connectivity index (χ2v) is 5.58. The van der Waals surface area contributed by atoms with Crippen LogP contribution >= 0.6 is 0 Å². The molecule has 0 saturated carbocycles. The SMILES string of the molecule is Cc1ccnc(N=S(C)(C)=O)c1F. The fourth-order valence-electron chi connectivity index (χ4n) is 0.798. The third-order valence-corrected chi connectivity index (χ3v) is 1.98. The molecule has 72 valence electrons. The van der Waals surface area contributed by atoms with Gasteiger partial charge in [-0.05, 0) is 18.6 Å². The Kier molecular flexibility index (Phi) is 2.66. The van der Waals surface area contributed by atoms with Crippen LogP contribution in [0.1, 0.15) is 5.56 Å². The van der Waals surface area contributed by atoms with Crippen LogP contribution in [0.5, 0.6) is 0 Å². The van der Waals surface area contributed by atoms with Gasteiger partial charge in [-0.25, -0.2) is 13.6 Å². The highest BCUT2D eigenvalue weighted by molar-refractivity contribution is 7.92. The third kappa shape index (κ3) is 2.77. The molecule has 1 aromatic heterocycles. The average molecular weight is 202 g/mol. The molecule has 0 aliphatic heterocycles. The van der Waals surface area contributed by atoms with Gasteiger partial charge in [0, 0.05) is 28.4 Å². The summed E-state index contributed by atoms with van der Waals surface area (Å²) in [4.78, 5) is 3.70. The van der Waals surface area contributed by atoms with Gasteiger partial charge < -0.3 is 0 Å². The van der Waals surface area contributed by atoms with Gasteiger partial charge in [-0.1, -0.05) is 0 Å². The topological polar surface area (TPSA) is 42.3 Å². The Morgan fingerprint density at radius 2 is 2.15 bits per heavy atom. The van der Waals surface area contributed by atoms with E-state index < -0.39 is 15.5 Å². The van der Waals surface area contributed by atoms with E-state index in [1.54, 1.807) is 13.0 Å². The van der Waals surface area contributed by atoms with Gasteiger partial charge in [-0.3, -0.25) is 0 Å². The van der Waals surface area contributed by atoms with Crippen LogP contribution in [-0.4, -0.2) is 21.7 Å². The van der Waals surface area contributed by atoms with E-state index in [0.29, 0.717) is 5.56 Å². The van der Waals surface area contributed by atoms with Crippen molar-refractivity contribution in [1.29, 1.82) is 0 Å². The van der Waals surface area contributed by atoms with E-state index in [2.05, 4.69) is 9.35 Å². The number of aromatic nitrogens is 1. The molecule has 0 radical (unpaired) electrons. The molecule has 0 spiro atoms. The molecule has 5 heteroatoms. The quantitative estimate of drug-likeness (QED) is 0.697. The van der Waals surface area contributed by atoms with Crippen LogP contribution in [0, 0.1) is 12.7 Å². The molecule has 0 aromatic carbocycles. The summed E-state index contributed by atoms with van der Waals surface area (Å²) in [6, 6.07) is 1.54. The van der Waals surface area contributed by atoms with Crippen molar-refractivity contribution in [3.63, 3.8) is 0 Å². The predicted octanol–water partition coefficient (Wildman–Crippen LogP) is 1.89. The van der Waals surface area contributed by atoms with Gasteiger partial charge >= 0.3 is 0 Å². The van der Waals surface area contributed by atoms with Crippen LogP contribution in [0.4, 0.5) is 10.2 Å². The van der Waals surface area contributed by atoms with Crippen molar-refractivity contribution < 1.29 is 8.60 Å². The molecule has 1 aromatic rings. The summed E-state index contributed by atoms with van der Waals surface area (Å²) in [6.45, 7) is 1.61. The zero-order chi connectivity index (χ0) is 10.1. The van der Waals surface area contributed by atoms with Crippen molar-refractivity contribution in [2.45, 2.75) is 6.92 Å². The monoisotopic (exact) mass is 202 g/mol. The summed E-state index contributed by atoms with van der Waals surface area (Å²) in [5, 5.41) is 0. The van der Waals surface area contributed by atoms with Gasteiger partial charge in [-0.2, -0.15) is 4.36 Å². The Morgan fingerprint density at radius 3 is 2.69 bits per heavy atom. The molecule has 0 aliphatic carbocycles. The molecule has 1 rings (SSSR count). The fraction of sp³-hybridized carbons (Fsp3) is 0.375. The Hall–Kier alpha value is -0.970. The van der Waals surface area contributed by atoms with Gasteiger partial charge in [0.2, 0.25) is 0 Å². The Balaban J connectivity index is 3.34. The van der Waals surface area contributed by atoms with Crippen LogP contribution in [-0.2, 0) is 9.73 Å². The maximum atomic E-state index is 13.3. The van der Waals surface area contributed by atoms with Crippen molar-refractivity contribution >= 4 is 15.5 Å². The molecule has 0 aliphatic rings. The fourth-order valence-corrected chi connectivity index (χ4v) is 1.34. The highest BCUT2D eigenvalue weighted by Crippen LogP contribution is 2.17. The average Bonchev–Trinajstić information content (AvgIpc) is 1.96. The van der Waals surface area contributed by atoms with E-state index in [0.717, 1.165) is 0 Å². The van der Waals surface area contributed by atoms with E-state index in [1.165, 1.54) is 18.7 Å². The van der Waals surface area contributed by atoms with Crippen LogP contribution in [0.2, 0.25) is 0 Å². The number of hydrogen-bond acceptors (Lipinski definition) is 3. The minimum Gasteiger partial charge on any atom is -0.250 e. The van der Waals surface area contributed by atoms with Gasteiger partial charge in [0.25, 0.3) is 0 Å². The number of pyridine rings is 1. The minimum atomic E-state index is -2.34. The first-order valence-electron chi connectivity index (χ1n) is 3.68. The first-order chi connectivity index (χ1) is 5.90. The van der Waals surface area contributed by atoms with Crippen molar-refractivity contribution in [2.75, 3.05) is 12.5 Å². The molecule has 0 atom stereocenters. The van der Waals surface area contributed by atoms with Crippen molar-refractivity contribution in [1.82, 2.24) is 4.98 Å². The van der Waals surface area contributed by atoms with Gasteiger partial charge in [0.15, 0.2) is 11.6 Å². The van der Waals surface area contributed by atoms with Crippen LogP contribution in [0.3, 0.4) is 0 Å². The van der Waals surface area contributed by atoms with E-state index in [4.69, 9.17) is 0 Å². The first-order valence-corrected chi connectivity index (χ1v) is 6.01. The minimum absolute atomic E-state index is 0.0741. The highest BCUT2D eigenvalue weighted by Gasteiger charge is 2.05. The molecule has 0 fully saturated rings. The van der Waals surface area contributed by atoms with Crippen molar-refractivity contribution in [3.05, 3.63) is 23.6 Å². The number of aryl methyl sites for hydroxylation is 1. The maximum Gasteiger partial charge on any atom is 0.197 e. The summed E-state index contributed by atoms with van der Waals surface area (Å²) >= 11 is 0. The molecule has 0 N–H and O–H groups in total. The second kappa shape index (κ2) is 3.41. The standard InChI is InChI=1S/C8H11FN2OS/c1-6-4-5-10-8(7(6)9)11-13(2,3)12/h4-5H,1-3H3. The van der Waals surface area contributed by atoms with E-state index >= 15 is 0 Å². The maximum absolute atomic E-state index is 13.3. The van der Waals surface area contributed by atoms with Gasteiger partial charge in [0.1, 0.15) is 0 Å².